The molecule has 0 aliphatic heterocycles. The Hall–Kier alpha value is -1.15. The summed E-state index contributed by atoms with van der Waals surface area (Å²) in [4.78, 5) is 8.05. The van der Waals surface area contributed by atoms with Gasteiger partial charge < -0.3 is 0 Å². The van der Waals surface area contributed by atoms with E-state index in [0.717, 1.165) is 10.9 Å². The molecular weight excluding hydrogens is 160 g/mol. The zero-order valence-corrected chi connectivity index (χ0v) is 6.42. The summed E-state index contributed by atoms with van der Waals surface area (Å²) in [5.41, 5.74) is 0.809. The Morgan fingerprint density at radius 3 is 3.00 bits per heavy atom. The van der Waals surface area contributed by atoms with E-state index in [-0.39, 0.29) is 0 Å². The maximum absolute atomic E-state index is 5.83. The molecule has 0 atom stereocenters. The fraction of sp³-hybridized carbons (Fsp3) is 0. The van der Waals surface area contributed by atoms with Crippen molar-refractivity contribution >= 4 is 22.5 Å². The van der Waals surface area contributed by atoms with Crippen LogP contribution in [-0.4, -0.2) is 9.97 Å². The summed E-state index contributed by atoms with van der Waals surface area (Å²) in [6.07, 6.45) is 5.05. The second-order valence-electron chi connectivity index (χ2n) is 2.20. The molecule has 0 aliphatic carbocycles. The number of nitrogens with zero attached hydrogens (tertiary/aromatic N) is 2. The number of fused-ring (bicyclic) bond motifs is 1. The third kappa shape index (κ3) is 1.05. The quantitative estimate of drug-likeness (QED) is 0.597. The van der Waals surface area contributed by atoms with Crippen molar-refractivity contribution in [1.82, 2.24) is 9.97 Å². The largest absolute Gasteiger partial charge is 0.262 e. The van der Waals surface area contributed by atoms with Gasteiger partial charge in [0.25, 0.3) is 0 Å². The van der Waals surface area contributed by atoms with Crippen LogP contribution in [0.5, 0.6) is 0 Å². The lowest BCUT2D eigenvalue weighted by molar-refractivity contribution is 1.32. The predicted octanol–water partition coefficient (Wildman–Crippen LogP) is 2.28. The van der Waals surface area contributed by atoms with Crippen LogP contribution < -0.4 is 0 Å². The minimum absolute atomic E-state index is 0.600. The highest BCUT2D eigenvalue weighted by Gasteiger charge is 1.96. The van der Waals surface area contributed by atoms with Crippen molar-refractivity contribution in [1.29, 1.82) is 0 Å². The summed E-state index contributed by atoms with van der Waals surface area (Å²) in [5, 5.41) is 1.57. The highest BCUT2D eigenvalue weighted by Crippen LogP contribution is 2.17. The van der Waals surface area contributed by atoms with Crippen LogP contribution in [0.15, 0.2) is 30.7 Å². The van der Waals surface area contributed by atoms with Gasteiger partial charge >= 0.3 is 0 Å². The van der Waals surface area contributed by atoms with E-state index in [4.69, 9.17) is 11.6 Å². The first-order valence-corrected chi connectivity index (χ1v) is 3.60. The molecular formula is C8H5ClN2. The molecule has 0 amide bonds. The molecule has 3 heteroatoms. The van der Waals surface area contributed by atoms with E-state index in [1.165, 1.54) is 0 Å². The van der Waals surface area contributed by atoms with Gasteiger partial charge in [-0.1, -0.05) is 11.6 Å². The summed E-state index contributed by atoms with van der Waals surface area (Å²) in [6, 6.07) is 3.79. The average Bonchev–Trinajstić information content (AvgIpc) is 2.06. The van der Waals surface area contributed by atoms with Gasteiger partial charge in [-0.15, -0.1) is 0 Å². The molecule has 0 fully saturated rings. The molecule has 0 N–H and O–H groups in total. The van der Waals surface area contributed by atoms with Crippen LogP contribution in [0.25, 0.3) is 10.9 Å². The fourth-order valence-corrected chi connectivity index (χ4v) is 1.18. The minimum Gasteiger partial charge on any atom is -0.262 e. The molecule has 0 saturated heterocycles. The van der Waals surface area contributed by atoms with E-state index in [1.807, 2.05) is 12.1 Å². The van der Waals surface area contributed by atoms with Gasteiger partial charge in [0.05, 0.1) is 10.5 Å². The van der Waals surface area contributed by atoms with Crippen molar-refractivity contribution in [3.8, 4) is 0 Å². The monoisotopic (exact) mass is 164 g/mol. The molecule has 0 radical (unpaired) electrons. The SMILES string of the molecule is Clc1cncc2cccnc12. The Morgan fingerprint density at radius 2 is 2.18 bits per heavy atom. The molecule has 11 heavy (non-hydrogen) atoms. The van der Waals surface area contributed by atoms with Gasteiger partial charge in [0.2, 0.25) is 0 Å². The Balaban J connectivity index is 2.91. The highest BCUT2D eigenvalue weighted by molar-refractivity contribution is 6.34. The van der Waals surface area contributed by atoms with E-state index < -0.39 is 0 Å². The van der Waals surface area contributed by atoms with Gasteiger partial charge in [-0.2, -0.15) is 0 Å². The van der Waals surface area contributed by atoms with Crippen LogP contribution in [0.4, 0.5) is 0 Å². The van der Waals surface area contributed by atoms with Crippen LogP contribution in [0, 0.1) is 0 Å². The van der Waals surface area contributed by atoms with E-state index in [2.05, 4.69) is 9.97 Å². The molecule has 0 spiro atoms. The van der Waals surface area contributed by atoms with Crippen molar-refractivity contribution in [3.63, 3.8) is 0 Å². The van der Waals surface area contributed by atoms with Gasteiger partial charge in [-0.05, 0) is 12.1 Å². The summed E-state index contributed by atoms with van der Waals surface area (Å²) < 4.78 is 0. The lowest BCUT2D eigenvalue weighted by atomic mass is 10.3. The number of pyridine rings is 2. The molecule has 2 heterocycles. The highest BCUT2D eigenvalue weighted by atomic mass is 35.5. The molecule has 54 valence electrons. The molecule has 0 aromatic carbocycles. The standard InChI is InChI=1S/C8H5ClN2/c9-7-5-10-4-6-2-1-3-11-8(6)7/h1-5H. The van der Waals surface area contributed by atoms with Gasteiger partial charge in [0.1, 0.15) is 0 Å². The van der Waals surface area contributed by atoms with Crippen molar-refractivity contribution < 1.29 is 0 Å². The lowest BCUT2D eigenvalue weighted by Crippen LogP contribution is -1.79. The number of aromatic nitrogens is 2. The molecule has 0 saturated carbocycles. The zero-order chi connectivity index (χ0) is 7.68. The molecule has 0 aliphatic rings. The van der Waals surface area contributed by atoms with E-state index in [1.54, 1.807) is 18.6 Å². The maximum Gasteiger partial charge on any atom is 0.0919 e. The van der Waals surface area contributed by atoms with Gasteiger partial charge in [0.15, 0.2) is 0 Å². The molecule has 2 nitrogen and oxygen atoms in total. The van der Waals surface area contributed by atoms with Gasteiger partial charge in [0, 0.05) is 24.0 Å². The first kappa shape index (κ1) is 6.55. The molecule has 0 unspecified atom stereocenters. The van der Waals surface area contributed by atoms with E-state index in [0.29, 0.717) is 5.02 Å². The van der Waals surface area contributed by atoms with Crippen LogP contribution in [0.1, 0.15) is 0 Å². The smallest absolute Gasteiger partial charge is 0.0919 e. The lowest BCUT2D eigenvalue weighted by Gasteiger charge is -1.95. The van der Waals surface area contributed by atoms with E-state index >= 15 is 0 Å². The van der Waals surface area contributed by atoms with Crippen LogP contribution >= 0.6 is 11.6 Å². The second-order valence-corrected chi connectivity index (χ2v) is 2.60. The second kappa shape index (κ2) is 2.47. The Morgan fingerprint density at radius 1 is 1.27 bits per heavy atom. The topological polar surface area (TPSA) is 25.8 Å². The summed E-state index contributed by atoms with van der Waals surface area (Å²) >= 11 is 5.83. The Bertz CT molecular complexity index is 381. The first-order valence-electron chi connectivity index (χ1n) is 3.22. The third-order valence-electron chi connectivity index (χ3n) is 1.47. The fourth-order valence-electron chi connectivity index (χ4n) is 0.966. The van der Waals surface area contributed by atoms with Gasteiger partial charge in [-0.25, -0.2) is 0 Å². The predicted molar refractivity (Wildman–Crippen MR) is 44.5 cm³/mol. The van der Waals surface area contributed by atoms with Crippen molar-refractivity contribution in [2.45, 2.75) is 0 Å². The molecule has 0 bridgehead atoms. The Kier molecular flexibility index (Phi) is 1.47. The molecule has 2 aromatic heterocycles. The van der Waals surface area contributed by atoms with Crippen molar-refractivity contribution in [2.75, 3.05) is 0 Å². The van der Waals surface area contributed by atoms with E-state index in [9.17, 15) is 0 Å². The third-order valence-corrected chi connectivity index (χ3v) is 1.74. The van der Waals surface area contributed by atoms with Crippen LogP contribution in [0.3, 0.4) is 0 Å². The van der Waals surface area contributed by atoms with Crippen molar-refractivity contribution in [2.24, 2.45) is 0 Å². The number of rotatable bonds is 0. The Labute approximate surface area is 68.9 Å². The number of halogens is 1. The summed E-state index contributed by atoms with van der Waals surface area (Å²) in [5.74, 6) is 0. The van der Waals surface area contributed by atoms with Gasteiger partial charge in [-0.3, -0.25) is 9.97 Å². The molecule has 2 rings (SSSR count). The zero-order valence-electron chi connectivity index (χ0n) is 5.66. The minimum atomic E-state index is 0.600. The molecule has 2 aromatic rings. The number of hydrogen-bond acceptors (Lipinski definition) is 2. The normalized spacial score (nSPS) is 10.3. The average molecular weight is 165 g/mol. The van der Waals surface area contributed by atoms with Crippen LogP contribution in [-0.2, 0) is 0 Å². The summed E-state index contributed by atoms with van der Waals surface area (Å²) in [6.45, 7) is 0. The summed E-state index contributed by atoms with van der Waals surface area (Å²) in [7, 11) is 0. The first-order chi connectivity index (χ1) is 5.38. The van der Waals surface area contributed by atoms with Crippen LogP contribution in [0.2, 0.25) is 5.02 Å². The van der Waals surface area contributed by atoms with Crippen molar-refractivity contribution in [3.05, 3.63) is 35.7 Å². The number of hydrogen-bond donors (Lipinski definition) is 0. The maximum atomic E-state index is 5.83.